The number of fused-ring (bicyclic) bond motifs is 1. The summed E-state index contributed by atoms with van der Waals surface area (Å²) in [4.78, 5) is 17.4. The van der Waals surface area contributed by atoms with Gasteiger partial charge in [0.1, 0.15) is 23.9 Å². The van der Waals surface area contributed by atoms with Crippen molar-refractivity contribution in [2.45, 2.75) is 32.5 Å². The van der Waals surface area contributed by atoms with E-state index in [1.807, 2.05) is 30.3 Å². The van der Waals surface area contributed by atoms with Crippen LogP contribution in [0.4, 0.5) is 8.78 Å². The van der Waals surface area contributed by atoms with Gasteiger partial charge < -0.3 is 9.84 Å². The smallest absolute Gasteiger partial charge is 0.181 e. The first-order chi connectivity index (χ1) is 15.5. The average molecular weight is 436 g/mol. The lowest BCUT2D eigenvalue weighted by molar-refractivity contribution is 0.0934. The molecule has 2 aromatic carbocycles. The predicted molar refractivity (Wildman–Crippen MR) is 116 cm³/mol. The molecular formula is C25H22F2N2O3. The van der Waals surface area contributed by atoms with Crippen LogP contribution in [0.5, 0.6) is 5.75 Å². The Labute approximate surface area is 183 Å². The van der Waals surface area contributed by atoms with Crippen LogP contribution in [-0.2, 0) is 6.61 Å². The molecule has 0 saturated heterocycles. The van der Waals surface area contributed by atoms with Crippen molar-refractivity contribution in [1.29, 1.82) is 0 Å². The first-order valence-corrected chi connectivity index (χ1v) is 10.2. The van der Waals surface area contributed by atoms with Crippen molar-refractivity contribution in [3.63, 3.8) is 0 Å². The maximum atomic E-state index is 13.9. The number of aromatic nitrogens is 2. The molecule has 0 fully saturated rings. The maximum absolute atomic E-state index is 13.9. The van der Waals surface area contributed by atoms with Gasteiger partial charge in [0.25, 0.3) is 0 Å². The zero-order valence-electron chi connectivity index (χ0n) is 17.5. The second-order valence-corrected chi connectivity index (χ2v) is 7.49. The molecule has 4 rings (SSSR count). The Morgan fingerprint density at radius 1 is 1.06 bits per heavy atom. The van der Waals surface area contributed by atoms with Gasteiger partial charge in [0.05, 0.1) is 17.4 Å². The molecule has 0 saturated carbocycles. The number of carbonyl (C=O) groups is 1. The lowest BCUT2D eigenvalue weighted by Gasteiger charge is -2.11. The Morgan fingerprint density at radius 2 is 1.78 bits per heavy atom. The fourth-order valence-corrected chi connectivity index (χ4v) is 3.65. The molecule has 1 atom stereocenters. The normalized spacial score (nSPS) is 12.1. The summed E-state index contributed by atoms with van der Waals surface area (Å²) in [6, 6.07) is 16.1. The molecule has 0 radical (unpaired) electrons. The Bertz CT molecular complexity index is 1230. The van der Waals surface area contributed by atoms with E-state index < -0.39 is 17.7 Å². The van der Waals surface area contributed by atoms with Crippen LogP contribution in [0.1, 0.15) is 46.3 Å². The van der Waals surface area contributed by atoms with E-state index in [1.54, 1.807) is 29.7 Å². The van der Waals surface area contributed by atoms with Crippen molar-refractivity contribution in [2.24, 2.45) is 0 Å². The summed E-state index contributed by atoms with van der Waals surface area (Å²) in [6.07, 6.45) is 1.36. The number of ketones is 1. The fraction of sp³-hybridized carbons (Fsp3) is 0.200. The summed E-state index contributed by atoms with van der Waals surface area (Å²) in [7, 11) is 0. The molecule has 32 heavy (non-hydrogen) atoms. The van der Waals surface area contributed by atoms with E-state index in [0.717, 1.165) is 5.56 Å². The second kappa shape index (κ2) is 9.28. The number of benzene rings is 2. The Balaban J connectivity index is 1.53. The molecule has 1 N–H and O–H groups in total. The minimum absolute atomic E-state index is 0.135. The van der Waals surface area contributed by atoms with Gasteiger partial charge in [-0.25, -0.2) is 13.8 Å². The number of nitrogens with zero attached hydrogens (tertiary/aromatic N) is 2. The molecule has 164 valence electrons. The van der Waals surface area contributed by atoms with Crippen molar-refractivity contribution >= 4 is 11.4 Å². The third kappa shape index (κ3) is 4.38. The van der Waals surface area contributed by atoms with Gasteiger partial charge in [-0.1, -0.05) is 36.4 Å². The van der Waals surface area contributed by atoms with Crippen molar-refractivity contribution in [3.05, 3.63) is 101 Å². The van der Waals surface area contributed by atoms with E-state index in [4.69, 9.17) is 4.74 Å². The molecule has 5 nitrogen and oxygen atoms in total. The van der Waals surface area contributed by atoms with E-state index in [1.165, 1.54) is 18.2 Å². The van der Waals surface area contributed by atoms with Gasteiger partial charge >= 0.3 is 0 Å². The average Bonchev–Trinajstić information content (AvgIpc) is 3.14. The number of aliphatic hydroxyl groups is 1. The molecule has 4 aromatic rings. The number of pyridine rings is 1. The highest BCUT2D eigenvalue weighted by atomic mass is 19.1. The third-order valence-corrected chi connectivity index (χ3v) is 5.32. The molecule has 2 aromatic heterocycles. The first-order valence-electron chi connectivity index (χ1n) is 10.2. The van der Waals surface area contributed by atoms with E-state index in [0.29, 0.717) is 22.8 Å². The summed E-state index contributed by atoms with van der Waals surface area (Å²) in [5, 5.41) is 10.4. The third-order valence-electron chi connectivity index (χ3n) is 5.32. The lowest BCUT2D eigenvalue weighted by Crippen LogP contribution is -2.08. The molecule has 0 aliphatic heterocycles. The van der Waals surface area contributed by atoms with E-state index in [-0.39, 0.29) is 30.8 Å². The molecule has 7 heteroatoms. The number of Topliss-reactive ketones (excluding diaryl/α,β-unsaturated/α-hetero) is 1. The van der Waals surface area contributed by atoms with Crippen molar-refractivity contribution in [1.82, 2.24) is 9.38 Å². The number of carbonyl (C=O) groups excluding carboxylic acids is 1. The molecule has 2 heterocycles. The molecule has 0 unspecified atom stereocenters. The van der Waals surface area contributed by atoms with Gasteiger partial charge in [0.2, 0.25) is 0 Å². The number of aryl methyl sites for hydroxylation is 1. The number of aliphatic hydroxyl groups excluding tert-OH is 1. The summed E-state index contributed by atoms with van der Waals surface area (Å²) in [6.45, 7) is 1.41. The number of hydrogen-bond donors (Lipinski definition) is 1. The Morgan fingerprint density at radius 3 is 2.50 bits per heavy atom. The van der Waals surface area contributed by atoms with Crippen molar-refractivity contribution in [2.75, 3.05) is 0 Å². The zero-order valence-corrected chi connectivity index (χ0v) is 17.5. The maximum Gasteiger partial charge on any atom is 0.181 e. The Kier molecular flexibility index (Phi) is 6.28. The van der Waals surface area contributed by atoms with Crippen LogP contribution < -0.4 is 4.74 Å². The van der Waals surface area contributed by atoms with Crippen molar-refractivity contribution < 1.29 is 23.4 Å². The summed E-state index contributed by atoms with van der Waals surface area (Å²) in [5.74, 6) is -1.24. The molecule has 0 amide bonds. The minimum Gasteiger partial charge on any atom is -0.485 e. The van der Waals surface area contributed by atoms with Crippen LogP contribution in [-0.4, -0.2) is 20.3 Å². The van der Waals surface area contributed by atoms with Crippen LogP contribution in [0.25, 0.3) is 5.65 Å². The molecule has 0 aliphatic rings. The van der Waals surface area contributed by atoms with Gasteiger partial charge in [0, 0.05) is 12.6 Å². The van der Waals surface area contributed by atoms with Gasteiger partial charge in [-0.3, -0.25) is 9.20 Å². The highest BCUT2D eigenvalue weighted by molar-refractivity contribution is 5.96. The topological polar surface area (TPSA) is 63.8 Å². The van der Waals surface area contributed by atoms with Crippen LogP contribution in [0.2, 0.25) is 0 Å². The van der Waals surface area contributed by atoms with E-state index in [9.17, 15) is 18.7 Å². The molecule has 0 aliphatic carbocycles. The Hall–Kier alpha value is -3.58. The lowest BCUT2D eigenvalue weighted by atomic mass is 10.0. The van der Waals surface area contributed by atoms with Gasteiger partial charge in [-0.05, 0) is 43.2 Å². The second-order valence-electron chi connectivity index (χ2n) is 7.49. The molecular weight excluding hydrogens is 414 g/mol. The quantitative estimate of drug-likeness (QED) is 0.386. The summed E-state index contributed by atoms with van der Waals surface area (Å²) < 4.78 is 35.1. The molecule has 0 bridgehead atoms. The standard InChI is InChI=1S/C25H22F2N2O3/c1-16-24(22(31)13-12-21(30)17-7-3-2-4-8-17)29-14-6-11-23(25(29)28-16)32-15-18-19(26)9-5-10-20(18)27/h2-11,14,21,30H,12-13,15H2,1H3/t21-/m1/s1. The highest BCUT2D eigenvalue weighted by Gasteiger charge is 2.20. The van der Waals surface area contributed by atoms with Crippen LogP contribution in [0.15, 0.2) is 66.9 Å². The monoisotopic (exact) mass is 436 g/mol. The van der Waals surface area contributed by atoms with Gasteiger partial charge in [0.15, 0.2) is 17.2 Å². The number of ether oxygens (including phenoxy) is 1. The molecule has 0 spiro atoms. The fourth-order valence-electron chi connectivity index (χ4n) is 3.65. The number of imidazole rings is 1. The van der Waals surface area contributed by atoms with Crippen LogP contribution in [0.3, 0.4) is 0 Å². The predicted octanol–water partition coefficient (Wildman–Crippen LogP) is 5.20. The van der Waals surface area contributed by atoms with Crippen LogP contribution >= 0.6 is 0 Å². The summed E-state index contributed by atoms with van der Waals surface area (Å²) in [5.41, 5.74) is 1.86. The van der Waals surface area contributed by atoms with Crippen molar-refractivity contribution in [3.8, 4) is 5.75 Å². The zero-order chi connectivity index (χ0) is 22.7. The SMILES string of the molecule is Cc1nc2c(OCc3c(F)cccc3F)cccn2c1C(=O)CC[C@@H](O)c1ccccc1. The van der Waals surface area contributed by atoms with Gasteiger partial charge in [-0.2, -0.15) is 0 Å². The summed E-state index contributed by atoms with van der Waals surface area (Å²) >= 11 is 0. The minimum atomic E-state index is -0.741. The first kappa shape index (κ1) is 21.6. The van der Waals surface area contributed by atoms with Crippen LogP contribution in [0, 0.1) is 18.6 Å². The van der Waals surface area contributed by atoms with Gasteiger partial charge in [-0.15, -0.1) is 0 Å². The number of hydrogen-bond acceptors (Lipinski definition) is 4. The number of rotatable bonds is 8. The number of halogens is 2. The van der Waals surface area contributed by atoms with E-state index in [2.05, 4.69) is 4.98 Å². The van der Waals surface area contributed by atoms with E-state index >= 15 is 0 Å². The highest BCUT2D eigenvalue weighted by Crippen LogP contribution is 2.26. The largest absolute Gasteiger partial charge is 0.485 e.